The second kappa shape index (κ2) is 6.66. The molecule has 1 aliphatic carbocycles. The molecule has 2 atom stereocenters. The lowest BCUT2D eigenvalue weighted by Crippen LogP contribution is -2.23. The first-order chi connectivity index (χ1) is 7.70. The van der Waals surface area contributed by atoms with Crippen LogP contribution in [0.3, 0.4) is 0 Å². The number of carbonyl (C=O) groups excluding carboxylic acids is 2. The first-order valence-electron chi connectivity index (χ1n) is 6.31. The molecule has 0 unspecified atom stereocenters. The molecule has 1 fully saturated rings. The van der Waals surface area contributed by atoms with Crippen molar-refractivity contribution in [3.8, 4) is 0 Å². The number of ketones is 1. The minimum Gasteiger partial charge on any atom is -0.469 e. The highest BCUT2D eigenvalue weighted by molar-refractivity contribution is 5.90. The summed E-state index contributed by atoms with van der Waals surface area (Å²) in [5.74, 6) is -0.179. The number of ether oxygens (including phenoxy) is 1. The molecule has 0 aromatic carbocycles. The fraction of sp³-hybridized carbons (Fsp3) is 0.846. The summed E-state index contributed by atoms with van der Waals surface area (Å²) in [7, 11) is 1.40. The zero-order valence-electron chi connectivity index (χ0n) is 10.3. The zero-order valence-corrected chi connectivity index (χ0v) is 10.3. The fourth-order valence-electron chi connectivity index (χ4n) is 2.50. The lowest BCUT2D eigenvalue weighted by Gasteiger charge is -2.15. The van der Waals surface area contributed by atoms with Crippen LogP contribution >= 0.6 is 0 Å². The van der Waals surface area contributed by atoms with Crippen molar-refractivity contribution in [2.75, 3.05) is 7.11 Å². The van der Waals surface area contributed by atoms with Crippen LogP contribution in [0.1, 0.15) is 51.9 Å². The van der Waals surface area contributed by atoms with Crippen LogP contribution in [0.25, 0.3) is 0 Å². The number of carbonyl (C=O) groups is 2. The Balaban J connectivity index is 2.41. The van der Waals surface area contributed by atoms with Crippen LogP contribution in [-0.4, -0.2) is 18.9 Å². The largest absolute Gasteiger partial charge is 0.469 e. The van der Waals surface area contributed by atoms with E-state index in [9.17, 15) is 9.59 Å². The maximum absolute atomic E-state index is 11.7. The second-order valence-corrected chi connectivity index (χ2v) is 4.59. The Morgan fingerprint density at radius 1 is 1.38 bits per heavy atom. The molecule has 0 bridgehead atoms. The average Bonchev–Trinajstić information content (AvgIpc) is 2.65. The monoisotopic (exact) mass is 226 g/mol. The number of unbranched alkanes of at least 4 members (excludes halogenated alkanes) is 3. The van der Waals surface area contributed by atoms with E-state index >= 15 is 0 Å². The van der Waals surface area contributed by atoms with Gasteiger partial charge in [0.05, 0.1) is 13.0 Å². The van der Waals surface area contributed by atoms with E-state index in [1.54, 1.807) is 0 Å². The van der Waals surface area contributed by atoms with Crippen LogP contribution in [0.2, 0.25) is 0 Å². The first-order valence-corrected chi connectivity index (χ1v) is 6.31. The van der Waals surface area contributed by atoms with E-state index in [1.807, 2.05) is 0 Å². The molecule has 1 rings (SSSR count). The van der Waals surface area contributed by atoms with E-state index in [4.69, 9.17) is 4.74 Å². The van der Waals surface area contributed by atoms with E-state index in [2.05, 4.69) is 6.92 Å². The molecule has 0 amide bonds. The highest BCUT2D eigenvalue weighted by Gasteiger charge is 2.39. The predicted octanol–water partition coefficient (Wildman–Crippen LogP) is 2.73. The van der Waals surface area contributed by atoms with Crippen molar-refractivity contribution >= 4 is 11.8 Å². The van der Waals surface area contributed by atoms with Gasteiger partial charge in [-0.3, -0.25) is 9.59 Å². The van der Waals surface area contributed by atoms with Crippen molar-refractivity contribution in [2.24, 2.45) is 11.8 Å². The predicted molar refractivity (Wildman–Crippen MR) is 62.0 cm³/mol. The Bertz CT molecular complexity index is 248. The summed E-state index contributed by atoms with van der Waals surface area (Å²) in [6.07, 6.45) is 6.72. The van der Waals surface area contributed by atoms with Gasteiger partial charge in [0.15, 0.2) is 0 Å². The summed E-state index contributed by atoms with van der Waals surface area (Å²) < 4.78 is 4.75. The van der Waals surface area contributed by atoms with Gasteiger partial charge in [0, 0.05) is 12.3 Å². The van der Waals surface area contributed by atoms with Crippen LogP contribution in [0.5, 0.6) is 0 Å². The van der Waals surface area contributed by atoms with E-state index in [-0.39, 0.29) is 23.6 Å². The van der Waals surface area contributed by atoms with Gasteiger partial charge in [-0.2, -0.15) is 0 Å². The Morgan fingerprint density at radius 3 is 2.75 bits per heavy atom. The molecule has 0 aromatic heterocycles. The van der Waals surface area contributed by atoms with Crippen LogP contribution in [0.15, 0.2) is 0 Å². The topological polar surface area (TPSA) is 43.4 Å². The number of methoxy groups -OCH3 is 1. The van der Waals surface area contributed by atoms with Gasteiger partial charge in [0.2, 0.25) is 0 Å². The Morgan fingerprint density at radius 2 is 2.12 bits per heavy atom. The van der Waals surface area contributed by atoms with Crippen molar-refractivity contribution in [2.45, 2.75) is 51.9 Å². The molecule has 0 spiro atoms. The highest BCUT2D eigenvalue weighted by atomic mass is 16.5. The molecule has 0 saturated heterocycles. The van der Waals surface area contributed by atoms with E-state index in [0.717, 1.165) is 19.3 Å². The number of rotatable bonds is 6. The van der Waals surface area contributed by atoms with Gasteiger partial charge < -0.3 is 4.74 Å². The Labute approximate surface area is 97.5 Å². The van der Waals surface area contributed by atoms with E-state index in [1.165, 1.54) is 20.0 Å². The van der Waals surface area contributed by atoms with Crippen LogP contribution in [-0.2, 0) is 14.3 Å². The van der Waals surface area contributed by atoms with Gasteiger partial charge in [-0.05, 0) is 12.8 Å². The van der Waals surface area contributed by atoms with Gasteiger partial charge in [0.25, 0.3) is 0 Å². The zero-order chi connectivity index (χ0) is 12.0. The third-order valence-electron chi connectivity index (χ3n) is 3.47. The Kier molecular flexibility index (Phi) is 5.50. The molecule has 0 heterocycles. The maximum atomic E-state index is 11.7. The van der Waals surface area contributed by atoms with Crippen molar-refractivity contribution in [1.29, 1.82) is 0 Å². The fourth-order valence-corrected chi connectivity index (χ4v) is 2.50. The molecule has 0 radical (unpaired) electrons. The normalized spacial score (nSPS) is 24.8. The summed E-state index contributed by atoms with van der Waals surface area (Å²) in [6, 6.07) is 0. The molecule has 1 aliphatic rings. The molecule has 92 valence electrons. The number of hydrogen-bond acceptors (Lipinski definition) is 3. The van der Waals surface area contributed by atoms with Crippen LogP contribution in [0.4, 0.5) is 0 Å². The van der Waals surface area contributed by atoms with E-state index in [0.29, 0.717) is 12.8 Å². The van der Waals surface area contributed by atoms with Crippen molar-refractivity contribution in [3.05, 3.63) is 0 Å². The van der Waals surface area contributed by atoms with Crippen molar-refractivity contribution in [3.63, 3.8) is 0 Å². The molecule has 3 nitrogen and oxygen atoms in total. The number of esters is 1. The SMILES string of the molecule is CCCCCC[C@H]1C(=O)CC[C@H]1C(=O)OC. The smallest absolute Gasteiger partial charge is 0.309 e. The summed E-state index contributed by atoms with van der Waals surface area (Å²) >= 11 is 0. The standard InChI is InChI=1S/C13H22O3/c1-3-4-5-6-7-10-11(13(15)16-2)8-9-12(10)14/h10-11H,3-9H2,1-2H3/t10-,11-/m1/s1. The third kappa shape index (κ3) is 3.32. The van der Waals surface area contributed by atoms with Crippen molar-refractivity contribution in [1.82, 2.24) is 0 Å². The minimum atomic E-state index is -0.202. The molecule has 1 saturated carbocycles. The average molecular weight is 226 g/mol. The van der Waals surface area contributed by atoms with Gasteiger partial charge >= 0.3 is 5.97 Å². The molecule has 0 aromatic rings. The summed E-state index contributed by atoms with van der Waals surface area (Å²) in [5.41, 5.74) is 0. The maximum Gasteiger partial charge on any atom is 0.309 e. The first kappa shape index (κ1) is 13.2. The van der Waals surface area contributed by atoms with Gasteiger partial charge in [-0.25, -0.2) is 0 Å². The van der Waals surface area contributed by atoms with Crippen LogP contribution in [0, 0.1) is 11.8 Å². The molecule has 0 aliphatic heterocycles. The number of Topliss-reactive ketones (excluding diaryl/α,β-unsaturated/α-hetero) is 1. The van der Waals surface area contributed by atoms with Gasteiger partial charge in [-0.15, -0.1) is 0 Å². The molecule has 0 N–H and O–H groups in total. The van der Waals surface area contributed by atoms with Gasteiger partial charge in [0.1, 0.15) is 5.78 Å². The lowest BCUT2D eigenvalue weighted by atomic mass is 9.90. The van der Waals surface area contributed by atoms with Crippen molar-refractivity contribution < 1.29 is 14.3 Å². The summed E-state index contributed by atoms with van der Waals surface area (Å²) in [5, 5.41) is 0. The number of hydrogen-bond donors (Lipinski definition) is 0. The molecule has 3 heteroatoms. The summed E-state index contributed by atoms with van der Waals surface area (Å²) in [6.45, 7) is 2.16. The minimum absolute atomic E-state index is 0.0655. The van der Waals surface area contributed by atoms with E-state index < -0.39 is 0 Å². The lowest BCUT2D eigenvalue weighted by molar-refractivity contribution is -0.148. The third-order valence-corrected chi connectivity index (χ3v) is 3.47. The van der Waals surface area contributed by atoms with Crippen LogP contribution < -0.4 is 0 Å². The Hall–Kier alpha value is -0.860. The van der Waals surface area contributed by atoms with Gasteiger partial charge in [-0.1, -0.05) is 32.6 Å². The molecular formula is C13H22O3. The molecule has 16 heavy (non-hydrogen) atoms. The quantitative estimate of drug-likeness (QED) is 0.516. The molecular weight excluding hydrogens is 204 g/mol. The summed E-state index contributed by atoms with van der Waals surface area (Å²) in [4.78, 5) is 23.1. The highest BCUT2D eigenvalue weighted by Crippen LogP contribution is 2.33. The second-order valence-electron chi connectivity index (χ2n) is 4.59.